The standard InChI is InChI=1S/C14H23N3O5/c1-3-22-14(21)11-4-8-17(9-5-11)13(20)12(19)16-7-6-15-10(2)18/h11H,3-9H2,1-2H3,(H,15,18)(H,16,19). The number of hydrogen-bond donors (Lipinski definition) is 2. The number of nitrogens with one attached hydrogen (secondary N) is 2. The van der Waals surface area contributed by atoms with E-state index in [1.54, 1.807) is 6.92 Å². The van der Waals surface area contributed by atoms with Crippen LogP contribution < -0.4 is 10.6 Å². The Labute approximate surface area is 129 Å². The molecule has 1 fully saturated rings. The maximum Gasteiger partial charge on any atom is 0.311 e. The van der Waals surface area contributed by atoms with Crippen LogP contribution >= 0.6 is 0 Å². The number of esters is 1. The number of carbonyl (C=O) groups excluding carboxylic acids is 4. The predicted octanol–water partition coefficient (Wildman–Crippen LogP) is -0.960. The largest absolute Gasteiger partial charge is 0.466 e. The van der Waals surface area contributed by atoms with Gasteiger partial charge in [0, 0.05) is 33.1 Å². The van der Waals surface area contributed by atoms with Crippen LogP contribution in [0.1, 0.15) is 26.7 Å². The third-order valence-corrected chi connectivity index (χ3v) is 3.38. The van der Waals surface area contributed by atoms with Gasteiger partial charge < -0.3 is 20.3 Å². The lowest BCUT2D eigenvalue weighted by atomic mass is 9.97. The molecule has 1 saturated heterocycles. The first kappa shape index (κ1) is 17.9. The fourth-order valence-electron chi connectivity index (χ4n) is 2.21. The second-order valence-electron chi connectivity index (χ2n) is 5.06. The van der Waals surface area contributed by atoms with E-state index in [2.05, 4.69) is 10.6 Å². The fraction of sp³-hybridized carbons (Fsp3) is 0.714. The van der Waals surface area contributed by atoms with E-state index >= 15 is 0 Å². The molecule has 2 N–H and O–H groups in total. The topological polar surface area (TPSA) is 105 Å². The Morgan fingerprint density at radius 1 is 1.09 bits per heavy atom. The van der Waals surface area contributed by atoms with Gasteiger partial charge in [0.2, 0.25) is 5.91 Å². The van der Waals surface area contributed by atoms with Gasteiger partial charge in [-0.3, -0.25) is 19.2 Å². The minimum absolute atomic E-state index is 0.193. The Hall–Kier alpha value is -2.12. The highest BCUT2D eigenvalue weighted by molar-refractivity contribution is 6.35. The Balaban J connectivity index is 2.31. The van der Waals surface area contributed by atoms with Gasteiger partial charge in [-0.25, -0.2) is 0 Å². The maximum atomic E-state index is 11.9. The molecule has 1 heterocycles. The molecule has 0 aromatic carbocycles. The van der Waals surface area contributed by atoms with Crippen LogP contribution in [-0.2, 0) is 23.9 Å². The molecule has 0 radical (unpaired) electrons. The molecule has 1 rings (SSSR count). The number of carbonyl (C=O) groups is 4. The van der Waals surface area contributed by atoms with E-state index in [1.165, 1.54) is 11.8 Å². The molecule has 0 aromatic rings. The number of nitrogens with zero attached hydrogens (tertiary/aromatic N) is 1. The van der Waals surface area contributed by atoms with Gasteiger partial charge in [-0.2, -0.15) is 0 Å². The average Bonchev–Trinajstić information content (AvgIpc) is 2.50. The highest BCUT2D eigenvalue weighted by atomic mass is 16.5. The van der Waals surface area contributed by atoms with Crippen molar-refractivity contribution >= 4 is 23.7 Å². The smallest absolute Gasteiger partial charge is 0.311 e. The predicted molar refractivity (Wildman–Crippen MR) is 77.6 cm³/mol. The zero-order chi connectivity index (χ0) is 16.5. The van der Waals surface area contributed by atoms with Gasteiger partial charge in [0.25, 0.3) is 0 Å². The van der Waals surface area contributed by atoms with Gasteiger partial charge in [0.05, 0.1) is 12.5 Å². The number of ether oxygens (including phenoxy) is 1. The van der Waals surface area contributed by atoms with Crippen molar-refractivity contribution in [3.63, 3.8) is 0 Å². The van der Waals surface area contributed by atoms with Gasteiger partial charge in [-0.1, -0.05) is 0 Å². The van der Waals surface area contributed by atoms with Crippen LogP contribution in [0.25, 0.3) is 0 Å². The summed E-state index contributed by atoms with van der Waals surface area (Å²) in [5.74, 6) is -1.94. The molecule has 8 heteroatoms. The maximum absolute atomic E-state index is 11.9. The molecular weight excluding hydrogens is 290 g/mol. The molecule has 8 nitrogen and oxygen atoms in total. The second kappa shape index (κ2) is 9.01. The molecule has 1 aliphatic rings. The monoisotopic (exact) mass is 313 g/mol. The first-order valence-corrected chi connectivity index (χ1v) is 7.43. The summed E-state index contributed by atoms with van der Waals surface area (Å²) in [7, 11) is 0. The molecule has 124 valence electrons. The van der Waals surface area contributed by atoms with E-state index in [4.69, 9.17) is 4.74 Å². The molecule has 0 unspecified atom stereocenters. The van der Waals surface area contributed by atoms with Crippen LogP contribution in [0.2, 0.25) is 0 Å². The van der Waals surface area contributed by atoms with Crippen LogP contribution in [0.15, 0.2) is 0 Å². The first-order valence-electron chi connectivity index (χ1n) is 7.43. The van der Waals surface area contributed by atoms with Gasteiger partial charge in [0.1, 0.15) is 0 Å². The van der Waals surface area contributed by atoms with Crippen molar-refractivity contribution in [1.82, 2.24) is 15.5 Å². The van der Waals surface area contributed by atoms with Crippen LogP contribution in [0, 0.1) is 5.92 Å². The summed E-state index contributed by atoms with van der Waals surface area (Å²) in [6.07, 6.45) is 1.01. The van der Waals surface area contributed by atoms with E-state index < -0.39 is 11.8 Å². The summed E-state index contributed by atoms with van der Waals surface area (Å²) >= 11 is 0. The minimum atomic E-state index is -0.695. The van der Waals surface area contributed by atoms with Crippen molar-refractivity contribution in [3.05, 3.63) is 0 Å². The Kier molecular flexibility index (Phi) is 7.34. The molecule has 3 amide bonds. The highest BCUT2D eigenvalue weighted by Crippen LogP contribution is 2.18. The number of hydrogen-bond acceptors (Lipinski definition) is 5. The number of amides is 3. The number of likely N-dealkylation sites (tertiary alicyclic amines) is 1. The van der Waals surface area contributed by atoms with Gasteiger partial charge >= 0.3 is 17.8 Å². The average molecular weight is 313 g/mol. The van der Waals surface area contributed by atoms with Crippen LogP contribution in [0.3, 0.4) is 0 Å². The third-order valence-electron chi connectivity index (χ3n) is 3.38. The second-order valence-corrected chi connectivity index (χ2v) is 5.06. The van der Waals surface area contributed by atoms with Crippen molar-refractivity contribution < 1.29 is 23.9 Å². The summed E-state index contributed by atoms with van der Waals surface area (Å²) in [6, 6.07) is 0. The van der Waals surface area contributed by atoms with Crippen molar-refractivity contribution in [2.45, 2.75) is 26.7 Å². The van der Waals surface area contributed by atoms with E-state index in [0.717, 1.165) is 0 Å². The molecule has 1 aliphatic heterocycles. The lowest BCUT2D eigenvalue weighted by Crippen LogP contribution is -2.48. The van der Waals surface area contributed by atoms with Crippen LogP contribution in [-0.4, -0.2) is 61.4 Å². The van der Waals surface area contributed by atoms with Gasteiger partial charge in [0.15, 0.2) is 0 Å². The number of piperidine rings is 1. The quantitative estimate of drug-likeness (QED) is 0.386. The molecular formula is C14H23N3O5. The molecule has 0 atom stereocenters. The molecule has 0 saturated carbocycles. The minimum Gasteiger partial charge on any atom is -0.466 e. The Morgan fingerprint density at radius 3 is 2.23 bits per heavy atom. The van der Waals surface area contributed by atoms with E-state index in [9.17, 15) is 19.2 Å². The normalized spacial score (nSPS) is 15.1. The Bertz CT molecular complexity index is 430. The zero-order valence-electron chi connectivity index (χ0n) is 13.0. The SMILES string of the molecule is CCOC(=O)C1CCN(C(=O)C(=O)NCCNC(C)=O)CC1. The third kappa shape index (κ3) is 5.71. The van der Waals surface area contributed by atoms with E-state index in [1.807, 2.05) is 0 Å². The van der Waals surface area contributed by atoms with Crippen molar-refractivity contribution in [2.75, 3.05) is 32.8 Å². The molecule has 0 aliphatic carbocycles. The van der Waals surface area contributed by atoms with E-state index in [-0.39, 0.29) is 30.9 Å². The summed E-state index contributed by atoms with van der Waals surface area (Å²) in [5.41, 5.74) is 0. The fourth-order valence-corrected chi connectivity index (χ4v) is 2.21. The summed E-state index contributed by atoms with van der Waals surface area (Å²) < 4.78 is 4.95. The van der Waals surface area contributed by atoms with Gasteiger partial charge in [-0.15, -0.1) is 0 Å². The van der Waals surface area contributed by atoms with Crippen molar-refractivity contribution in [3.8, 4) is 0 Å². The lowest BCUT2D eigenvalue weighted by molar-refractivity contribution is -0.152. The van der Waals surface area contributed by atoms with Crippen LogP contribution in [0.4, 0.5) is 0 Å². The molecule has 0 bridgehead atoms. The van der Waals surface area contributed by atoms with Crippen molar-refractivity contribution in [2.24, 2.45) is 5.92 Å². The first-order chi connectivity index (χ1) is 10.5. The molecule has 0 aromatic heterocycles. The van der Waals surface area contributed by atoms with E-state index in [0.29, 0.717) is 32.5 Å². The zero-order valence-corrected chi connectivity index (χ0v) is 13.0. The summed E-state index contributed by atoms with van der Waals surface area (Å²) in [5, 5.41) is 4.97. The van der Waals surface area contributed by atoms with Gasteiger partial charge in [-0.05, 0) is 19.8 Å². The summed E-state index contributed by atoms with van der Waals surface area (Å²) in [4.78, 5) is 47.3. The van der Waals surface area contributed by atoms with Crippen LogP contribution in [0.5, 0.6) is 0 Å². The molecule has 22 heavy (non-hydrogen) atoms. The molecule has 0 spiro atoms. The number of rotatable bonds is 5. The Morgan fingerprint density at radius 2 is 1.68 bits per heavy atom. The lowest BCUT2D eigenvalue weighted by Gasteiger charge is -2.30. The summed E-state index contributed by atoms with van der Waals surface area (Å²) in [6.45, 7) is 4.67. The highest BCUT2D eigenvalue weighted by Gasteiger charge is 2.30. The van der Waals surface area contributed by atoms with Crippen molar-refractivity contribution in [1.29, 1.82) is 0 Å².